The van der Waals surface area contributed by atoms with Crippen LogP contribution in [0.25, 0.3) is 5.65 Å². The molecule has 1 fully saturated rings. The molecule has 0 spiro atoms. The van der Waals surface area contributed by atoms with Crippen LogP contribution in [-0.2, 0) is 17.7 Å². The average molecular weight is 452 g/mol. The second-order valence-corrected chi connectivity index (χ2v) is 8.56. The zero-order valence-corrected chi connectivity index (χ0v) is 19.0. The van der Waals surface area contributed by atoms with E-state index in [0.29, 0.717) is 6.42 Å². The minimum atomic E-state index is 0.671. The maximum atomic E-state index is 6.46. The number of hydrogen-bond donors (Lipinski definition) is 2. The Balaban J connectivity index is 1.57. The molecule has 0 aliphatic carbocycles. The van der Waals surface area contributed by atoms with E-state index in [1.807, 2.05) is 42.6 Å². The molecule has 0 amide bonds. The van der Waals surface area contributed by atoms with Crippen LogP contribution < -0.4 is 5.32 Å². The Kier molecular flexibility index (Phi) is 5.82. The minimum Gasteiger partial charge on any atom is -0.379 e. The lowest BCUT2D eigenvalue weighted by atomic mass is 10.1. The lowest BCUT2D eigenvalue weighted by molar-refractivity contribution is 0.0334. The first-order valence-electron chi connectivity index (χ1n) is 10.8. The molecule has 4 heterocycles. The first kappa shape index (κ1) is 20.9. The molecule has 5 rings (SSSR count). The van der Waals surface area contributed by atoms with Crippen molar-refractivity contribution >= 4 is 28.9 Å². The van der Waals surface area contributed by atoms with Crippen molar-refractivity contribution in [3.63, 3.8) is 0 Å². The summed E-state index contributed by atoms with van der Waals surface area (Å²) < 4.78 is 7.49. The van der Waals surface area contributed by atoms with Crippen LogP contribution in [-0.4, -0.2) is 56.0 Å². The Morgan fingerprint density at radius 3 is 2.69 bits per heavy atom. The number of morpholine rings is 1. The number of benzene rings is 1. The maximum Gasteiger partial charge on any atom is 0.161 e. The molecule has 4 aromatic rings. The van der Waals surface area contributed by atoms with Crippen LogP contribution in [0.4, 0.5) is 11.6 Å². The van der Waals surface area contributed by atoms with Crippen molar-refractivity contribution in [2.45, 2.75) is 26.8 Å². The van der Waals surface area contributed by atoms with E-state index in [1.165, 1.54) is 0 Å². The fourth-order valence-corrected chi connectivity index (χ4v) is 4.25. The summed E-state index contributed by atoms with van der Waals surface area (Å²) >= 11 is 6.46. The summed E-state index contributed by atoms with van der Waals surface area (Å²) in [5.41, 5.74) is 5.98. The van der Waals surface area contributed by atoms with E-state index in [-0.39, 0.29) is 0 Å². The second-order valence-electron chi connectivity index (χ2n) is 8.15. The van der Waals surface area contributed by atoms with Crippen molar-refractivity contribution in [2.24, 2.45) is 0 Å². The van der Waals surface area contributed by atoms with E-state index in [4.69, 9.17) is 26.4 Å². The standard InChI is InChI=1S/C23H26ClN7O/c1-15-11-22(28-27-15)25-21-13-18(14-30-7-9-32-10-8-30)31-23(26-21)19(16(2)29-31)12-17-5-3-4-6-20(17)24/h3-6,11,13H,7-10,12,14H2,1-2H3,(H2,25,26,27,28). The number of H-pyrrole nitrogens is 1. The normalized spacial score (nSPS) is 14.8. The van der Waals surface area contributed by atoms with Crippen LogP contribution in [0.15, 0.2) is 36.4 Å². The summed E-state index contributed by atoms with van der Waals surface area (Å²) in [6.07, 6.45) is 0.671. The van der Waals surface area contributed by atoms with Gasteiger partial charge in [0.15, 0.2) is 11.5 Å². The van der Waals surface area contributed by atoms with Crippen LogP contribution in [0.2, 0.25) is 5.02 Å². The summed E-state index contributed by atoms with van der Waals surface area (Å²) in [5.74, 6) is 1.48. The van der Waals surface area contributed by atoms with Crippen molar-refractivity contribution in [3.8, 4) is 0 Å². The second kappa shape index (κ2) is 8.90. The van der Waals surface area contributed by atoms with Gasteiger partial charge < -0.3 is 10.1 Å². The molecule has 1 aliphatic heterocycles. The molecule has 0 radical (unpaired) electrons. The maximum absolute atomic E-state index is 6.46. The van der Waals surface area contributed by atoms with Crippen LogP contribution in [0.3, 0.4) is 0 Å². The van der Waals surface area contributed by atoms with E-state index < -0.39 is 0 Å². The average Bonchev–Trinajstić information content (AvgIpc) is 3.33. The monoisotopic (exact) mass is 451 g/mol. The number of ether oxygens (including phenoxy) is 1. The highest BCUT2D eigenvalue weighted by Crippen LogP contribution is 2.26. The number of aromatic amines is 1. The van der Waals surface area contributed by atoms with Gasteiger partial charge in [-0.2, -0.15) is 10.2 Å². The van der Waals surface area contributed by atoms with Gasteiger partial charge in [0, 0.05) is 54.5 Å². The summed E-state index contributed by atoms with van der Waals surface area (Å²) in [5, 5.41) is 16.2. The number of halogens is 1. The van der Waals surface area contributed by atoms with Gasteiger partial charge in [0.05, 0.1) is 24.6 Å². The molecule has 2 N–H and O–H groups in total. The Bertz CT molecular complexity index is 1240. The highest BCUT2D eigenvalue weighted by atomic mass is 35.5. The first-order valence-corrected chi connectivity index (χ1v) is 11.2. The molecule has 1 aliphatic rings. The third-order valence-electron chi connectivity index (χ3n) is 5.74. The molecule has 166 valence electrons. The van der Waals surface area contributed by atoms with Crippen molar-refractivity contribution < 1.29 is 4.74 Å². The van der Waals surface area contributed by atoms with Crippen LogP contribution in [0.1, 0.15) is 28.2 Å². The SMILES string of the molecule is Cc1cc(Nc2cc(CN3CCOCC3)n3nc(C)c(Cc4ccccc4Cl)c3n2)n[nH]1. The van der Waals surface area contributed by atoms with Crippen LogP contribution in [0, 0.1) is 13.8 Å². The molecule has 0 atom stereocenters. The fraction of sp³-hybridized carbons (Fsp3) is 0.348. The van der Waals surface area contributed by atoms with Gasteiger partial charge >= 0.3 is 0 Å². The highest BCUT2D eigenvalue weighted by Gasteiger charge is 2.19. The molecular formula is C23H26ClN7O. The quantitative estimate of drug-likeness (QED) is 0.462. The highest BCUT2D eigenvalue weighted by molar-refractivity contribution is 6.31. The van der Waals surface area contributed by atoms with Crippen molar-refractivity contribution in [1.29, 1.82) is 0 Å². The van der Waals surface area contributed by atoms with E-state index >= 15 is 0 Å². The van der Waals surface area contributed by atoms with Crippen LogP contribution in [0.5, 0.6) is 0 Å². The topological polar surface area (TPSA) is 83.4 Å². The van der Waals surface area contributed by atoms with Crippen molar-refractivity contribution in [3.05, 3.63) is 69.6 Å². The Morgan fingerprint density at radius 1 is 1.12 bits per heavy atom. The number of aryl methyl sites for hydroxylation is 2. The predicted molar refractivity (Wildman–Crippen MR) is 125 cm³/mol. The summed E-state index contributed by atoms with van der Waals surface area (Å²) in [6, 6.07) is 11.9. The van der Waals surface area contributed by atoms with Gasteiger partial charge in [0.2, 0.25) is 0 Å². The zero-order valence-electron chi connectivity index (χ0n) is 18.2. The summed E-state index contributed by atoms with van der Waals surface area (Å²) in [6.45, 7) is 8.08. The van der Waals surface area contributed by atoms with Crippen molar-refractivity contribution in [1.82, 2.24) is 29.7 Å². The molecule has 9 heteroatoms. The summed E-state index contributed by atoms with van der Waals surface area (Å²) in [4.78, 5) is 7.31. The molecule has 1 aromatic carbocycles. The Labute approximate surface area is 191 Å². The first-order chi connectivity index (χ1) is 15.6. The van der Waals surface area contributed by atoms with E-state index in [9.17, 15) is 0 Å². The molecule has 0 bridgehead atoms. The number of anilines is 2. The largest absolute Gasteiger partial charge is 0.379 e. The molecule has 8 nitrogen and oxygen atoms in total. The third kappa shape index (κ3) is 4.34. The smallest absolute Gasteiger partial charge is 0.161 e. The number of nitrogens with zero attached hydrogens (tertiary/aromatic N) is 5. The van der Waals surface area contributed by atoms with Gasteiger partial charge in [-0.25, -0.2) is 9.50 Å². The number of aromatic nitrogens is 5. The van der Waals surface area contributed by atoms with Crippen LogP contribution >= 0.6 is 11.6 Å². The summed E-state index contributed by atoms with van der Waals surface area (Å²) in [7, 11) is 0. The molecule has 3 aromatic heterocycles. The van der Waals surface area contributed by atoms with Gasteiger partial charge in [-0.05, 0) is 25.5 Å². The number of fused-ring (bicyclic) bond motifs is 1. The Morgan fingerprint density at radius 2 is 1.94 bits per heavy atom. The molecule has 0 saturated carbocycles. The number of nitrogens with one attached hydrogen (secondary N) is 2. The van der Waals surface area contributed by atoms with Gasteiger partial charge in [0.25, 0.3) is 0 Å². The van der Waals surface area contributed by atoms with E-state index in [2.05, 4.69) is 32.5 Å². The third-order valence-corrected chi connectivity index (χ3v) is 6.10. The molecular weight excluding hydrogens is 426 g/mol. The lowest BCUT2D eigenvalue weighted by Crippen LogP contribution is -2.36. The van der Waals surface area contributed by atoms with Gasteiger partial charge in [0.1, 0.15) is 5.82 Å². The van der Waals surface area contributed by atoms with Gasteiger partial charge in [-0.15, -0.1) is 0 Å². The van der Waals surface area contributed by atoms with E-state index in [1.54, 1.807) is 0 Å². The van der Waals surface area contributed by atoms with E-state index in [0.717, 1.165) is 83.4 Å². The van der Waals surface area contributed by atoms with Gasteiger partial charge in [-0.1, -0.05) is 29.8 Å². The van der Waals surface area contributed by atoms with Crippen molar-refractivity contribution in [2.75, 3.05) is 31.6 Å². The number of rotatable bonds is 6. The molecule has 1 saturated heterocycles. The molecule has 0 unspecified atom stereocenters. The minimum absolute atomic E-state index is 0.671. The van der Waals surface area contributed by atoms with Gasteiger partial charge in [-0.3, -0.25) is 10.00 Å². The molecule has 32 heavy (non-hydrogen) atoms. The zero-order chi connectivity index (χ0) is 22.1. The fourth-order valence-electron chi connectivity index (χ4n) is 4.05. The predicted octanol–water partition coefficient (Wildman–Crippen LogP) is 3.89. The number of hydrogen-bond acceptors (Lipinski definition) is 6. The lowest BCUT2D eigenvalue weighted by Gasteiger charge is -2.26. The Hall–Kier alpha value is -2.94.